The Balaban J connectivity index is 1.57. The molecule has 2 fully saturated rings. The second-order valence-electron chi connectivity index (χ2n) is 7.27. The normalized spacial score (nSPS) is 27.3. The van der Waals surface area contributed by atoms with Crippen molar-refractivity contribution in [3.8, 4) is 11.3 Å². The van der Waals surface area contributed by atoms with Gasteiger partial charge in [-0.3, -0.25) is 9.58 Å². The van der Waals surface area contributed by atoms with E-state index in [0.29, 0.717) is 12.5 Å². The molecule has 0 amide bonds. The predicted molar refractivity (Wildman–Crippen MR) is 92.4 cm³/mol. The molecule has 4 rings (SSSR count). The van der Waals surface area contributed by atoms with Crippen molar-refractivity contribution in [2.45, 2.75) is 13.0 Å². The number of rotatable bonds is 4. The Morgan fingerprint density at radius 1 is 1.33 bits per heavy atom. The largest absolute Gasteiger partial charge is 0.396 e. The minimum absolute atomic E-state index is 0.0760. The second kappa shape index (κ2) is 6.31. The van der Waals surface area contributed by atoms with Gasteiger partial charge in [-0.15, -0.1) is 0 Å². The highest BCUT2D eigenvalue weighted by Gasteiger charge is 2.48. The molecule has 0 radical (unpaired) electrons. The third-order valence-electron chi connectivity index (χ3n) is 5.54. The van der Waals surface area contributed by atoms with Gasteiger partial charge < -0.3 is 9.84 Å². The first-order valence-electron chi connectivity index (χ1n) is 8.69. The molecule has 2 atom stereocenters. The quantitative estimate of drug-likeness (QED) is 0.932. The van der Waals surface area contributed by atoms with Crippen LogP contribution in [0.2, 0.25) is 0 Å². The summed E-state index contributed by atoms with van der Waals surface area (Å²) in [6, 6.07) is 10.4. The number of ether oxygens (including phenoxy) is 1. The van der Waals surface area contributed by atoms with Gasteiger partial charge in [0.15, 0.2) is 0 Å². The number of fused-ring (bicyclic) bond motifs is 1. The zero-order valence-corrected chi connectivity index (χ0v) is 14.2. The van der Waals surface area contributed by atoms with Gasteiger partial charge >= 0.3 is 0 Å². The highest BCUT2D eigenvalue weighted by atomic mass is 16.5. The minimum Gasteiger partial charge on any atom is -0.396 e. The van der Waals surface area contributed by atoms with Crippen LogP contribution in [0.15, 0.2) is 36.5 Å². The van der Waals surface area contributed by atoms with Crippen molar-refractivity contribution in [2.75, 3.05) is 32.9 Å². The number of aliphatic hydroxyl groups is 1. The first-order chi connectivity index (χ1) is 11.7. The van der Waals surface area contributed by atoms with Crippen LogP contribution in [0.1, 0.15) is 12.0 Å². The third-order valence-corrected chi connectivity index (χ3v) is 5.54. The molecule has 5 heteroatoms. The molecule has 0 saturated carbocycles. The summed E-state index contributed by atoms with van der Waals surface area (Å²) >= 11 is 0. The van der Waals surface area contributed by atoms with Crippen molar-refractivity contribution in [3.05, 3.63) is 42.1 Å². The van der Waals surface area contributed by atoms with Gasteiger partial charge in [0.05, 0.1) is 18.9 Å². The van der Waals surface area contributed by atoms with Gasteiger partial charge in [-0.2, -0.15) is 5.10 Å². The van der Waals surface area contributed by atoms with E-state index in [9.17, 15) is 5.11 Å². The molecule has 2 aromatic rings. The molecule has 0 aliphatic carbocycles. The fourth-order valence-electron chi connectivity index (χ4n) is 4.28. The Morgan fingerprint density at radius 2 is 2.17 bits per heavy atom. The van der Waals surface area contributed by atoms with Gasteiger partial charge in [0, 0.05) is 56.0 Å². The number of hydrogen-bond acceptors (Lipinski definition) is 4. The number of aromatic nitrogens is 2. The van der Waals surface area contributed by atoms with E-state index in [1.54, 1.807) is 0 Å². The maximum Gasteiger partial charge on any atom is 0.0968 e. The van der Waals surface area contributed by atoms with Crippen LogP contribution in [0.4, 0.5) is 0 Å². The Kier molecular flexibility index (Phi) is 4.16. The predicted octanol–water partition coefficient (Wildman–Crippen LogP) is 1.92. The maximum absolute atomic E-state index is 9.95. The molecule has 5 nitrogen and oxygen atoms in total. The van der Waals surface area contributed by atoms with Gasteiger partial charge in [-0.25, -0.2) is 0 Å². The molecule has 1 aromatic heterocycles. The van der Waals surface area contributed by atoms with E-state index in [4.69, 9.17) is 4.74 Å². The molecule has 0 unspecified atom stereocenters. The monoisotopic (exact) mass is 327 g/mol. The summed E-state index contributed by atoms with van der Waals surface area (Å²) in [4.78, 5) is 2.46. The Bertz CT molecular complexity index is 700. The van der Waals surface area contributed by atoms with Crippen LogP contribution in [-0.4, -0.2) is 52.7 Å². The number of aryl methyl sites for hydroxylation is 1. The molecule has 1 N–H and O–H groups in total. The average molecular weight is 327 g/mol. The summed E-state index contributed by atoms with van der Waals surface area (Å²) < 4.78 is 7.56. The number of aliphatic hydroxyl groups excluding tert-OH is 1. The molecule has 2 aliphatic rings. The van der Waals surface area contributed by atoms with Crippen molar-refractivity contribution in [1.29, 1.82) is 0 Å². The fraction of sp³-hybridized carbons (Fsp3) is 0.526. The molecule has 3 heterocycles. The number of nitrogens with zero attached hydrogens (tertiary/aromatic N) is 3. The highest BCUT2D eigenvalue weighted by molar-refractivity contribution is 5.62. The lowest BCUT2D eigenvalue weighted by atomic mass is 9.76. The molecule has 128 valence electrons. The maximum atomic E-state index is 9.95. The van der Waals surface area contributed by atoms with Crippen LogP contribution in [0.25, 0.3) is 11.3 Å². The summed E-state index contributed by atoms with van der Waals surface area (Å²) in [6.45, 7) is 4.53. The van der Waals surface area contributed by atoms with Crippen LogP contribution >= 0.6 is 0 Å². The van der Waals surface area contributed by atoms with Crippen molar-refractivity contribution in [2.24, 2.45) is 18.4 Å². The number of hydrogen-bond donors (Lipinski definition) is 1. The van der Waals surface area contributed by atoms with Crippen molar-refractivity contribution in [3.63, 3.8) is 0 Å². The topological polar surface area (TPSA) is 50.5 Å². The van der Waals surface area contributed by atoms with E-state index in [2.05, 4.69) is 40.5 Å². The summed E-state index contributed by atoms with van der Waals surface area (Å²) in [6.07, 6.45) is 3.17. The summed E-state index contributed by atoms with van der Waals surface area (Å²) in [7, 11) is 1.97. The molecule has 1 aromatic carbocycles. The molecular weight excluding hydrogens is 302 g/mol. The van der Waals surface area contributed by atoms with Crippen molar-refractivity contribution < 1.29 is 9.84 Å². The van der Waals surface area contributed by atoms with E-state index in [0.717, 1.165) is 43.9 Å². The summed E-state index contributed by atoms with van der Waals surface area (Å²) in [5.41, 5.74) is 3.39. The first-order valence-corrected chi connectivity index (χ1v) is 8.69. The van der Waals surface area contributed by atoms with Crippen LogP contribution < -0.4 is 0 Å². The Hall–Kier alpha value is -1.69. The SMILES string of the molecule is Cn1cc(CN2C[C@@H]3CCOC[C@]3(CO)C2)c(-c2ccccc2)n1. The third kappa shape index (κ3) is 2.77. The fourth-order valence-corrected chi connectivity index (χ4v) is 4.28. The van der Waals surface area contributed by atoms with Crippen LogP contribution in [0.5, 0.6) is 0 Å². The second-order valence-corrected chi connectivity index (χ2v) is 7.27. The van der Waals surface area contributed by atoms with E-state index in [1.807, 2.05) is 17.8 Å². The van der Waals surface area contributed by atoms with Gasteiger partial charge in [0.25, 0.3) is 0 Å². The minimum atomic E-state index is -0.0760. The number of benzene rings is 1. The summed E-state index contributed by atoms with van der Waals surface area (Å²) in [5.74, 6) is 0.535. The van der Waals surface area contributed by atoms with E-state index in [1.165, 1.54) is 5.56 Å². The smallest absolute Gasteiger partial charge is 0.0968 e. The van der Waals surface area contributed by atoms with E-state index in [-0.39, 0.29) is 12.0 Å². The van der Waals surface area contributed by atoms with Crippen LogP contribution in [0, 0.1) is 11.3 Å². The van der Waals surface area contributed by atoms with Crippen LogP contribution in [-0.2, 0) is 18.3 Å². The Morgan fingerprint density at radius 3 is 2.92 bits per heavy atom. The van der Waals surface area contributed by atoms with E-state index < -0.39 is 0 Å². The van der Waals surface area contributed by atoms with Crippen LogP contribution in [0.3, 0.4) is 0 Å². The molecule has 0 bridgehead atoms. The zero-order valence-electron chi connectivity index (χ0n) is 14.2. The van der Waals surface area contributed by atoms with E-state index >= 15 is 0 Å². The van der Waals surface area contributed by atoms with Gasteiger partial charge in [0.2, 0.25) is 0 Å². The van der Waals surface area contributed by atoms with Gasteiger partial charge in [-0.1, -0.05) is 30.3 Å². The summed E-state index contributed by atoms with van der Waals surface area (Å²) in [5, 5.41) is 14.6. The van der Waals surface area contributed by atoms with Gasteiger partial charge in [0.1, 0.15) is 0 Å². The lowest BCUT2D eigenvalue weighted by Crippen LogP contribution is -2.42. The zero-order chi connectivity index (χ0) is 16.6. The Labute approximate surface area is 142 Å². The van der Waals surface area contributed by atoms with Gasteiger partial charge in [-0.05, 0) is 12.3 Å². The van der Waals surface area contributed by atoms with Crippen molar-refractivity contribution in [1.82, 2.24) is 14.7 Å². The first kappa shape index (κ1) is 15.8. The standard InChI is InChI=1S/C19H25N3O2/c1-21-9-16(18(20-21)15-5-3-2-4-6-15)10-22-11-17-7-8-24-14-19(17,12-22)13-23/h2-6,9,17,23H,7-8,10-14H2,1H3/t17-,19+/m0/s1. The lowest BCUT2D eigenvalue weighted by molar-refractivity contribution is -0.0561. The lowest BCUT2D eigenvalue weighted by Gasteiger charge is -2.36. The molecular formula is C19H25N3O2. The molecule has 2 saturated heterocycles. The number of likely N-dealkylation sites (tertiary alicyclic amines) is 1. The molecule has 2 aliphatic heterocycles. The average Bonchev–Trinajstić information content (AvgIpc) is 3.16. The van der Waals surface area contributed by atoms with Crippen molar-refractivity contribution >= 4 is 0 Å². The molecule has 0 spiro atoms. The molecule has 24 heavy (non-hydrogen) atoms. The highest BCUT2D eigenvalue weighted by Crippen LogP contribution is 2.41.